The van der Waals surface area contributed by atoms with Crippen LogP contribution in [-0.4, -0.2) is 28.5 Å². The molecular formula is C22H24FN3O2. The summed E-state index contributed by atoms with van der Waals surface area (Å²) in [4.78, 5) is 14.8. The number of aryl methyl sites for hydroxylation is 2. The molecule has 5 nitrogen and oxygen atoms in total. The first-order chi connectivity index (χ1) is 13.4. The zero-order chi connectivity index (χ0) is 20.0. The van der Waals surface area contributed by atoms with Crippen LogP contribution < -0.4 is 10.9 Å². The Balaban J connectivity index is 1.82. The molecule has 4 atom stereocenters. The Morgan fingerprint density at radius 2 is 1.86 bits per heavy atom. The number of nitrogens with one attached hydrogen (secondary N) is 2. The monoisotopic (exact) mass is 381 g/mol. The van der Waals surface area contributed by atoms with Crippen LogP contribution in [-0.2, 0) is 4.79 Å². The van der Waals surface area contributed by atoms with Crippen LogP contribution in [0, 0.1) is 25.6 Å². The Kier molecular flexibility index (Phi) is 4.69. The average Bonchev–Trinajstić information content (AvgIpc) is 3.16. The fourth-order valence-corrected chi connectivity index (χ4v) is 4.71. The number of phenols is 1. The number of amides is 1. The number of benzene rings is 2. The van der Waals surface area contributed by atoms with Gasteiger partial charge in [0.15, 0.2) is 0 Å². The number of carbonyl (C=O) groups is 1. The molecular weight excluding hydrogens is 357 g/mol. The molecule has 0 radical (unpaired) electrons. The van der Waals surface area contributed by atoms with E-state index in [-0.39, 0.29) is 35.5 Å². The number of fused-ring (bicyclic) bond motifs is 1. The Morgan fingerprint density at radius 1 is 1.18 bits per heavy atom. The normalized spacial score (nSPS) is 26.5. The van der Waals surface area contributed by atoms with Gasteiger partial charge in [0, 0.05) is 18.0 Å². The Bertz CT molecular complexity index is 905. The summed E-state index contributed by atoms with van der Waals surface area (Å²) >= 11 is 0. The molecule has 3 N–H and O–H groups in total. The third-order valence-corrected chi connectivity index (χ3v) is 5.77. The van der Waals surface area contributed by atoms with Gasteiger partial charge in [-0.15, -0.1) is 6.58 Å². The first kappa shape index (κ1) is 18.7. The molecule has 2 aliphatic rings. The number of phenolic OH excluding ortho intramolecular Hbond substituents is 1. The van der Waals surface area contributed by atoms with E-state index in [4.69, 9.17) is 0 Å². The predicted molar refractivity (Wildman–Crippen MR) is 105 cm³/mol. The highest BCUT2D eigenvalue weighted by Gasteiger charge is 2.55. The van der Waals surface area contributed by atoms with E-state index >= 15 is 0 Å². The highest BCUT2D eigenvalue weighted by molar-refractivity contribution is 5.86. The Labute approximate surface area is 163 Å². The van der Waals surface area contributed by atoms with Crippen LogP contribution in [0.3, 0.4) is 0 Å². The highest BCUT2D eigenvalue weighted by Crippen LogP contribution is 2.49. The number of likely N-dealkylation sites (tertiary alicyclic amines) is 1. The van der Waals surface area contributed by atoms with Gasteiger partial charge in [-0.25, -0.2) is 15.2 Å². The summed E-state index contributed by atoms with van der Waals surface area (Å²) in [6.07, 6.45) is 1.70. The molecule has 0 saturated carbocycles. The van der Waals surface area contributed by atoms with E-state index in [1.807, 2.05) is 19.9 Å². The Hall–Kier alpha value is -2.70. The molecule has 4 rings (SSSR count). The van der Waals surface area contributed by atoms with Crippen molar-refractivity contribution in [3.63, 3.8) is 0 Å². The maximum absolute atomic E-state index is 13.5. The number of carbonyl (C=O) groups excluding carboxylic acids is 1. The summed E-state index contributed by atoms with van der Waals surface area (Å²) in [5, 5.41) is 10.6. The molecule has 0 aliphatic carbocycles. The van der Waals surface area contributed by atoms with Crippen molar-refractivity contribution in [1.82, 2.24) is 15.8 Å². The van der Waals surface area contributed by atoms with Crippen LogP contribution in [0.4, 0.5) is 4.39 Å². The second kappa shape index (κ2) is 7.04. The lowest BCUT2D eigenvalue weighted by atomic mass is 9.81. The van der Waals surface area contributed by atoms with E-state index in [0.29, 0.717) is 6.54 Å². The van der Waals surface area contributed by atoms with Crippen molar-refractivity contribution >= 4 is 5.91 Å². The highest BCUT2D eigenvalue weighted by atomic mass is 19.1. The molecule has 2 aromatic rings. The molecule has 2 fully saturated rings. The number of rotatable bonds is 4. The van der Waals surface area contributed by atoms with Gasteiger partial charge in [-0.1, -0.05) is 24.3 Å². The number of nitrogens with zero attached hydrogens (tertiary/aromatic N) is 1. The van der Waals surface area contributed by atoms with Gasteiger partial charge in [-0.3, -0.25) is 4.79 Å². The van der Waals surface area contributed by atoms with Crippen LogP contribution in [0.25, 0.3) is 0 Å². The van der Waals surface area contributed by atoms with Crippen LogP contribution in [0.5, 0.6) is 5.75 Å². The lowest BCUT2D eigenvalue weighted by Crippen LogP contribution is -2.41. The lowest BCUT2D eigenvalue weighted by molar-refractivity contribution is -0.130. The topological polar surface area (TPSA) is 64.6 Å². The molecule has 2 saturated heterocycles. The predicted octanol–water partition coefficient (Wildman–Crippen LogP) is 3.05. The van der Waals surface area contributed by atoms with E-state index in [1.54, 1.807) is 29.2 Å². The summed E-state index contributed by atoms with van der Waals surface area (Å²) < 4.78 is 13.5. The molecule has 6 heteroatoms. The largest absolute Gasteiger partial charge is 0.508 e. The van der Waals surface area contributed by atoms with Crippen molar-refractivity contribution in [2.24, 2.45) is 5.92 Å². The summed E-state index contributed by atoms with van der Waals surface area (Å²) in [5.41, 5.74) is 9.94. The minimum atomic E-state index is -0.430. The second-order valence-electron chi connectivity index (χ2n) is 7.61. The zero-order valence-electron chi connectivity index (χ0n) is 15.9. The lowest BCUT2D eigenvalue weighted by Gasteiger charge is -2.31. The first-order valence-corrected chi connectivity index (χ1v) is 9.40. The molecule has 0 bridgehead atoms. The summed E-state index contributed by atoms with van der Waals surface area (Å²) in [5.74, 6) is -0.292. The molecule has 28 heavy (non-hydrogen) atoms. The smallest absolute Gasteiger partial charge is 0.242 e. The molecule has 1 amide bonds. The van der Waals surface area contributed by atoms with Gasteiger partial charge in [-0.2, -0.15) is 0 Å². The summed E-state index contributed by atoms with van der Waals surface area (Å²) in [7, 11) is 0. The van der Waals surface area contributed by atoms with E-state index in [9.17, 15) is 14.3 Å². The average molecular weight is 381 g/mol. The van der Waals surface area contributed by atoms with Crippen molar-refractivity contribution in [1.29, 1.82) is 0 Å². The molecule has 0 spiro atoms. The van der Waals surface area contributed by atoms with E-state index in [0.717, 1.165) is 22.3 Å². The summed E-state index contributed by atoms with van der Waals surface area (Å²) in [6, 6.07) is 9.09. The maximum atomic E-state index is 13.5. The van der Waals surface area contributed by atoms with Gasteiger partial charge in [-0.05, 0) is 48.7 Å². The second-order valence-corrected chi connectivity index (χ2v) is 7.61. The minimum Gasteiger partial charge on any atom is -0.508 e. The minimum absolute atomic E-state index is 0.0292. The van der Waals surface area contributed by atoms with Crippen molar-refractivity contribution in [3.05, 3.63) is 77.1 Å². The van der Waals surface area contributed by atoms with E-state index < -0.39 is 6.04 Å². The third-order valence-electron chi connectivity index (χ3n) is 5.77. The molecule has 2 heterocycles. The van der Waals surface area contributed by atoms with Gasteiger partial charge in [0.05, 0.1) is 12.1 Å². The number of hydrogen-bond donors (Lipinski definition) is 3. The number of hydrogen-bond acceptors (Lipinski definition) is 4. The van der Waals surface area contributed by atoms with Crippen molar-refractivity contribution in [2.45, 2.75) is 32.0 Å². The van der Waals surface area contributed by atoms with Crippen LogP contribution in [0.1, 0.15) is 34.3 Å². The van der Waals surface area contributed by atoms with Gasteiger partial charge in [0.1, 0.15) is 17.6 Å². The number of halogens is 1. The van der Waals surface area contributed by atoms with Gasteiger partial charge in [0.25, 0.3) is 0 Å². The summed E-state index contributed by atoms with van der Waals surface area (Å²) in [6.45, 7) is 8.08. The van der Waals surface area contributed by atoms with Gasteiger partial charge < -0.3 is 10.0 Å². The van der Waals surface area contributed by atoms with E-state index in [2.05, 4.69) is 17.4 Å². The molecule has 2 aromatic carbocycles. The number of aromatic hydroxyl groups is 1. The maximum Gasteiger partial charge on any atom is 0.242 e. The first-order valence-electron chi connectivity index (χ1n) is 9.40. The third kappa shape index (κ3) is 2.89. The fraction of sp³-hybridized carbons (Fsp3) is 0.318. The van der Waals surface area contributed by atoms with Crippen molar-refractivity contribution in [3.8, 4) is 5.75 Å². The number of hydrazine groups is 1. The van der Waals surface area contributed by atoms with Gasteiger partial charge >= 0.3 is 0 Å². The fourth-order valence-electron chi connectivity index (χ4n) is 4.71. The quantitative estimate of drug-likeness (QED) is 0.713. The van der Waals surface area contributed by atoms with Crippen LogP contribution in [0.2, 0.25) is 0 Å². The molecule has 0 aromatic heterocycles. The van der Waals surface area contributed by atoms with Crippen molar-refractivity contribution < 1.29 is 14.3 Å². The van der Waals surface area contributed by atoms with Crippen molar-refractivity contribution in [2.75, 3.05) is 6.54 Å². The van der Waals surface area contributed by atoms with Crippen LogP contribution >= 0.6 is 0 Å². The van der Waals surface area contributed by atoms with E-state index in [1.165, 1.54) is 12.1 Å². The SMILES string of the molecule is C=CCN1C(=O)C2NNC(c3c(C)cc(C)cc3O)C2C1c1ccc(F)cc1. The molecule has 2 aliphatic heterocycles. The Morgan fingerprint density at radius 3 is 2.50 bits per heavy atom. The standard InChI is InChI=1S/C22H24FN3O2/c1-4-9-26-21(14-5-7-15(23)8-6-14)18-19(24-25-20(18)22(26)28)17-13(3)10-12(2)11-16(17)27/h4-8,10-11,18-21,24-25,27H,1,9H2,2-3H3. The zero-order valence-corrected chi connectivity index (χ0v) is 15.9. The molecule has 4 unspecified atom stereocenters. The molecule has 146 valence electrons. The van der Waals surface area contributed by atoms with Crippen LogP contribution in [0.15, 0.2) is 49.1 Å². The van der Waals surface area contributed by atoms with Gasteiger partial charge in [0.2, 0.25) is 5.91 Å².